The predicted molar refractivity (Wildman–Crippen MR) is 86.6 cm³/mol. The average molecular weight is 302 g/mol. The number of hydrogen-bond acceptors (Lipinski definition) is 5. The summed E-state index contributed by atoms with van der Waals surface area (Å²) in [4.78, 5) is 13.4. The van der Waals surface area contributed by atoms with E-state index in [0.717, 1.165) is 40.0 Å². The zero-order valence-electron chi connectivity index (χ0n) is 13.1. The highest BCUT2D eigenvalue weighted by molar-refractivity contribution is 7.99. The summed E-state index contributed by atoms with van der Waals surface area (Å²) in [6.07, 6.45) is 3.76. The summed E-state index contributed by atoms with van der Waals surface area (Å²) in [5.41, 5.74) is 10.3. The lowest BCUT2D eigenvalue weighted by atomic mass is 10.1. The van der Waals surface area contributed by atoms with Crippen molar-refractivity contribution < 1.29 is 0 Å². The number of hydrogen-bond donors (Lipinski definition) is 1. The summed E-state index contributed by atoms with van der Waals surface area (Å²) in [5.74, 6) is 0. The molecule has 5 heteroatoms. The molecule has 0 saturated carbocycles. The number of nitrogens with zero attached hydrogens (tertiary/aromatic N) is 3. The Labute approximate surface area is 130 Å². The Morgan fingerprint density at radius 3 is 2.38 bits per heavy atom. The van der Waals surface area contributed by atoms with Crippen LogP contribution < -0.4 is 5.73 Å². The van der Waals surface area contributed by atoms with Gasteiger partial charge in [0, 0.05) is 23.6 Å². The Morgan fingerprint density at radius 1 is 1.14 bits per heavy atom. The normalized spacial score (nSPS) is 12.4. The first kappa shape index (κ1) is 15.9. The van der Waals surface area contributed by atoms with E-state index in [1.165, 1.54) is 17.3 Å². The number of pyridine rings is 1. The van der Waals surface area contributed by atoms with Crippen LogP contribution >= 0.6 is 11.8 Å². The first-order chi connectivity index (χ1) is 9.97. The predicted octanol–water partition coefficient (Wildman–Crippen LogP) is 3.23. The molecule has 0 aliphatic rings. The fourth-order valence-corrected chi connectivity index (χ4v) is 2.99. The van der Waals surface area contributed by atoms with Gasteiger partial charge >= 0.3 is 0 Å². The standard InChI is InChI=1S/C16H22N4S/c1-5-14(17)8-13-6-10(2)15(18-9-13)21-16-19-11(3)7-12(4)20-16/h6-7,9,14H,5,8,17H2,1-4H3. The Kier molecular flexibility index (Phi) is 5.31. The molecule has 0 aromatic carbocycles. The van der Waals surface area contributed by atoms with Crippen LogP contribution in [0.1, 0.15) is 35.9 Å². The Bertz CT molecular complexity index is 607. The highest BCUT2D eigenvalue weighted by Crippen LogP contribution is 2.26. The molecule has 2 rings (SSSR count). The zero-order chi connectivity index (χ0) is 15.4. The average Bonchev–Trinajstić information content (AvgIpc) is 2.40. The van der Waals surface area contributed by atoms with Crippen LogP contribution in [0.2, 0.25) is 0 Å². The second-order valence-electron chi connectivity index (χ2n) is 5.37. The molecule has 4 nitrogen and oxygen atoms in total. The minimum absolute atomic E-state index is 0.201. The maximum Gasteiger partial charge on any atom is 0.194 e. The van der Waals surface area contributed by atoms with Crippen LogP contribution in [0.25, 0.3) is 0 Å². The van der Waals surface area contributed by atoms with Gasteiger partial charge in [-0.15, -0.1) is 0 Å². The largest absolute Gasteiger partial charge is 0.327 e. The van der Waals surface area contributed by atoms with Crippen molar-refractivity contribution in [2.75, 3.05) is 0 Å². The zero-order valence-corrected chi connectivity index (χ0v) is 13.9. The van der Waals surface area contributed by atoms with E-state index in [1.54, 1.807) is 0 Å². The van der Waals surface area contributed by atoms with Crippen LogP contribution in [-0.4, -0.2) is 21.0 Å². The molecule has 1 atom stereocenters. The van der Waals surface area contributed by atoms with E-state index in [1.807, 2.05) is 26.1 Å². The Morgan fingerprint density at radius 2 is 1.81 bits per heavy atom. The number of aryl methyl sites for hydroxylation is 3. The molecule has 0 fully saturated rings. The van der Waals surface area contributed by atoms with E-state index < -0.39 is 0 Å². The molecular weight excluding hydrogens is 280 g/mol. The summed E-state index contributed by atoms with van der Waals surface area (Å²) >= 11 is 1.51. The third-order valence-corrected chi connectivity index (χ3v) is 4.24. The van der Waals surface area contributed by atoms with Crippen molar-refractivity contribution in [1.82, 2.24) is 15.0 Å². The molecule has 1 unspecified atom stereocenters. The molecule has 0 bridgehead atoms. The number of nitrogens with two attached hydrogens (primary N) is 1. The van der Waals surface area contributed by atoms with Gasteiger partial charge in [0.15, 0.2) is 5.16 Å². The third kappa shape index (κ3) is 4.51. The van der Waals surface area contributed by atoms with Crippen LogP contribution in [0.3, 0.4) is 0 Å². The van der Waals surface area contributed by atoms with Crippen LogP contribution in [0.5, 0.6) is 0 Å². The fourth-order valence-electron chi connectivity index (χ4n) is 2.11. The van der Waals surface area contributed by atoms with E-state index in [4.69, 9.17) is 5.73 Å². The molecule has 2 heterocycles. The molecule has 0 aliphatic carbocycles. The third-order valence-electron chi connectivity index (χ3n) is 3.26. The number of rotatable bonds is 5. The molecule has 112 valence electrons. The lowest BCUT2D eigenvalue weighted by Crippen LogP contribution is -2.21. The summed E-state index contributed by atoms with van der Waals surface area (Å²) < 4.78 is 0. The smallest absolute Gasteiger partial charge is 0.194 e. The molecule has 21 heavy (non-hydrogen) atoms. The van der Waals surface area contributed by atoms with Gasteiger partial charge in [-0.2, -0.15) is 0 Å². The van der Waals surface area contributed by atoms with Gasteiger partial charge < -0.3 is 5.73 Å². The molecule has 2 aromatic heterocycles. The van der Waals surface area contributed by atoms with E-state index >= 15 is 0 Å². The molecule has 0 amide bonds. The van der Waals surface area contributed by atoms with Crippen LogP contribution in [0.15, 0.2) is 28.5 Å². The molecule has 0 radical (unpaired) electrons. The summed E-state index contributed by atoms with van der Waals surface area (Å²) in [6, 6.07) is 4.33. The quantitative estimate of drug-likeness (QED) is 0.859. The first-order valence-corrected chi connectivity index (χ1v) is 8.00. The maximum absolute atomic E-state index is 6.00. The van der Waals surface area contributed by atoms with Crippen molar-refractivity contribution in [3.8, 4) is 0 Å². The molecule has 0 saturated heterocycles. The minimum Gasteiger partial charge on any atom is -0.327 e. The SMILES string of the molecule is CCC(N)Cc1cnc(Sc2nc(C)cc(C)n2)c(C)c1. The monoisotopic (exact) mass is 302 g/mol. The maximum atomic E-state index is 6.00. The summed E-state index contributed by atoms with van der Waals surface area (Å²) in [5, 5.41) is 1.70. The Balaban J connectivity index is 2.17. The van der Waals surface area contributed by atoms with Crippen molar-refractivity contribution >= 4 is 11.8 Å². The Hall–Kier alpha value is -1.46. The van der Waals surface area contributed by atoms with E-state index in [9.17, 15) is 0 Å². The van der Waals surface area contributed by atoms with Crippen molar-refractivity contribution in [3.05, 3.63) is 40.8 Å². The van der Waals surface area contributed by atoms with Gasteiger partial charge in [0.1, 0.15) is 5.03 Å². The van der Waals surface area contributed by atoms with E-state index in [2.05, 4.69) is 34.9 Å². The lowest BCUT2D eigenvalue weighted by molar-refractivity contribution is 0.644. The highest BCUT2D eigenvalue weighted by atomic mass is 32.2. The van der Waals surface area contributed by atoms with Gasteiger partial charge in [-0.05, 0) is 62.6 Å². The highest BCUT2D eigenvalue weighted by Gasteiger charge is 2.09. The summed E-state index contributed by atoms with van der Waals surface area (Å²) in [6.45, 7) is 8.13. The van der Waals surface area contributed by atoms with Gasteiger partial charge in [-0.25, -0.2) is 15.0 Å². The molecule has 2 aromatic rings. The lowest BCUT2D eigenvalue weighted by Gasteiger charge is -2.10. The molecule has 0 aliphatic heterocycles. The second kappa shape index (κ2) is 7.00. The van der Waals surface area contributed by atoms with Crippen molar-refractivity contribution in [1.29, 1.82) is 0 Å². The first-order valence-electron chi connectivity index (χ1n) is 7.19. The molecule has 2 N–H and O–H groups in total. The van der Waals surface area contributed by atoms with E-state index in [-0.39, 0.29) is 6.04 Å². The van der Waals surface area contributed by atoms with E-state index in [0.29, 0.717) is 0 Å². The van der Waals surface area contributed by atoms with Crippen molar-refractivity contribution in [3.63, 3.8) is 0 Å². The van der Waals surface area contributed by atoms with Crippen molar-refractivity contribution in [2.45, 2.75) is 56.8 Å². The topological polar surface area (TPSA) is 64.7 Å². The van der Waals surface area contributed by atoms with Crippen LogP contribution in [-0.2, 0) is 6.42 Å². The van der Waals surface area contributed by atoms with Crippen molar-refractivity contribution in [2.24, 2.45) is 5.73 Å². The van der Waals surface area contributed by atoms with Gasteiger partial charge in [0.25, 0.3) is 0 Å². The van der Waals surface area contributed by atoms with Gasteiger partial charge in [0.2, 0.25) is 0 Å². The molecule has 0 spiro atoms. The molecular formula is C16H22N4S. The summed E-state index contributed by atoms with van der Waals surface area (Å²) in [7, 11) is 0. The van der Waals surface area contributed by atoms with Gasteiger partial charge in [-0.1, -0.05) is 13.0 Å². The van der Waals surface area contributed by atoms with Crippen LogP contribution in [0.4, 0.5) is 0 Å². The second-order valence-corrected chi connectivity index (χ2v) is 6.33. The van der Waals surface area contributed by atoms with Crippen LogP contribution in [0, 0.1) is 20.8 Å². The van der Waals surface area contributed by atoms with Gasteiger partial charge in [0.05, 0.1) is 0 Å². The fraction of sp³-hybridized carbons (Fsp3) is 0.438. The number of aromatic nitrogens is 3. The van der Waals surface area contributed by atoms with Gasteiger partial charge in [-0.3, -0.25) is 0 Å². The minimum atomic E-state index is 0.201.